The molecule has 3 nitrogen and oxygen atoms in total. The second kappa shape index (κ2) is 7.17. The van der Waals surface area contributed by atoms with Gasteiger partial charge in [-0.3, -0.25) is 4.79 Å². The van der Waals surface area contributed by atoms with Gasteiger partial charge in [0, 0.05) is 20.1 Å². The number of likely N-dealkylation sites (N-methyl/N-ethyl adjacent to an activating group) is 1. The zero-order valence-electron chi connectivity index (χ0n) is 11.8. The Kier molecular flexibility index (Phi) is 5.86. The summed E-state index contributed by atoms with van der Waals surface area (Å²) in [6.07, 6.45) is 1.97. The molecule has 0 radical (unpaired) electrons. The number of carbonyl (C=O) groups excluding carboxylic acids is 1. The van der Waals surface area contributed by atoms with E-state index in [9.17, 15) is 4.79 Å². The lowest BCUT2D eigenvalue weighted by molar-refractivity contribution is -0.130. The number of benzene rings is 1. The number of nitrogens with zero attached hydrogens (tertiary/aromatic N) is 1. The predicted octanol–water partition coefficient (Wildman–Crippen LogP) is 2.07. The summed E-state index contributed by atoms with van der Waals surface area (Å²) in [5, 5.41) is 3.41. The lowest BCUT2D eigenvalue weighted by atomic mass is 10.0. The van der Waals surface area contributed by atoms with E-state index in [1.54, 1.807) is 19.0 Å². The van der Waals surface area contributed by atoms with Crippen molar-refractivity contribution < 1.29 is 4.79 Å². The lowest BCUT2D eigenvalue weighted by Gasteiger charge is -2.24. The number of hydrogen-bond donors (Lipinski definition) is 1. The maximum Gasteiger partial charge on any atom is 0.238 e. The third-order valence-electron chi connectivity index (χ3n) is 3.11. The number of rotatable bonds is 6. The number of carbonyl (C=O) groups is 1. The molecule has 1 aromatic rings. The number of amides is 1. The van der Waals surface area contributed by atoms with Gasteiger partial charge in [0.05, 0.1) is 6.04 Å². The Morgan fingerprint density at radius 3 is 2.39 bits per heavy atom. The second-order valence-electron chi connectivity index (χ2n) is 4.92. The fourth-order valence-corrected chi connectivity index (χ4v) is 2.03. The summed E-state index contributed by atoms with van der Waals surface area (Å²) in [7, 11) is 3.58. The van der Waals surface area contributed by atoms with E-state index in [4.69, 9.17) is 0 Å². The van der Waals surface area contributed by atoms with Crippen molar-refractivity contribution in [2.45, 2.75) is 38.8 Å². The average molecular weight is 248 g/mol. The van der Waals surface area contributed by atoms with Gasteiger partial charge in [-0.15, -0.1) is 0 Å². The molecular formula is C15H24N2O. The van der Waals surface area contributed by atoms with Gasteiger partial charge in [-0.05, 0) is 25.3 Å². The van der Waals surface area contributed by atoms with Crippen LogP contribution in [0.5, 0.6) is 0 Å². The van der Waals surface area contributed by atoms with Crippen LogP contribution in [0.4, 0.5) is 0 Å². The van der Waals surface area contributed by atoms with Crippen molar-refractivity contribution in [3.8, 4) is 0 Å². The first-order valence-corrected chi connectivity index (χ1v) is 6.55. The third-order valence-corrected chi connectivity index (χ3v) is 3.11. The first-order chi connectivity index (χ1) is 8.54. The standard InChI is InChI=1S/C15H24N2O/c1-5-14(11-13-9-7-6-8-10-13)16-12(2)15(18)17(3)4/h6-10,12,14,16H,5,11H2,1-4H3. The molecular weight excluding hydrogens is 224 g/mol. The molecule has 0 aliphatic carbocycles. The first kappa shape index (κ1) is 14.7. The quantitative estimate of drug-likeness (QED) is 0.836. The Bertz CT molecular complexity index is 362. The van der Waals surface area contributed by atoms with Gasteiger partial charge in [0.25, 0.3) is 0 Å². The Balaban J connectivity index is 2.55. The van der Waals surface area contributed by atoms with Gasteiger partial charge >= 0.3 is 0 Å². The highest BCUT2D eigenvalue weighted by molar-refractivity contribution is 5.80. The Morgan fingerprint density at radius 1 is 1.28 bits per heavy atom. The van der Waals surface area contributed by atoms with Crippen LogP contribution in [0.15, 0.2) is 30.3 Å². The van der Waals surface area contributed by atoms with Crippen LogP contribution in [-0.4, -0.2) is 37.0 Å². The van der Waals surface area contributed by atoms with Crippen LogP contribution in [0.1, 0.15) is 25.8 Å². The highest BCUT2D eigenvalue weighted by Gasteiger charge is 2.18. The minimum absolute atomic E-state index is 0.126. The molecule has 100 valence electrons. The van der Waals surface area contributed by atoms with Crippen molar-refractivity contribution in [1.82, 2.24) is 10.2 Å². The monoisotopic (exact) mass is 248 g/mol. The summed E-state index contributed by atoms with van der Waals surface area (Å²) < 4.78 is 0. The molecule has 1 aromatic carbocycles. The molecule has 0 aliphatic rings. The molecule has 0 aliphatic heterocycles. The van der Waals surface area contributed by atoms with Crippen molar-refractivity contribution in [2.75, 3.05) is 14.1 Å². The summed E-state index contributed by atoms with van der Waals surface area (Å²) in [5.41, 5.74) is 1.31. The zero-order chi connectivity index (χ0) is 13.5. The second-order valence-corrected chi connectivity index (χ2v) is 4.92. The normalized spacial score (nSPS) is 14.0. The van der Waals surface area contributed by atoms with Crippen molar-refractivity contribution in [2.24, 2.45) is 0 Å². The van der Waals surface area contributed by atoms with Crippen LogP contribution in [-0.2, 0) is 11.2 Å². The van der Waals surface area contributed by atoms with E-state index in [0.29, 0.717) is 6.04 Å². The van der Waals surface area contributed by atoms with Crippen LogP contribution < -0.4 is 5.32 Å². The average Bonchev–Trinajstić information content (AvgIpc) is 2.37. The van der Waals surface area contributed by atoms with E-state index in [-0.39, 0.29) is 11.9 Å². The summed E-state index contributed by atoms with van der Waals surface area (Å²) >= 11 is 0. The third kappa shape index (κ3) is 4.49. The van der Waals surface area contributed by atoms with Crippen LogP contribution in [0, 0.1) is 0 Å². The molecule has 3 heteroatoms. The molecule has 0 fully saturated rings. The summed E-state index contributed by atoms with van der Waals surface area (Å²) in [6.45, 7) is 4.07. The molecule has 2 unspecified atom stereocenters. The van der Waals surface area contributed by atoms with Gasteiger partial charge in [0.2, 0.25) is 5.91 Å². The zero-order valence-corrected chi connectivity index (χ0v) is 11.8. The molecule has 1 rings (SSSR count). The largest absolute Gasteiger partial charge is 0.347 e. The van der Waals surface area contributed by atoms with E-state index < -0.39 is 0 Å². The lowest BCUT2D eigenvalue weighted by Crippen LogP contribution is -2.46. The van der Waals surface area contributed by atoms with Crippen LogP contribution >= 0.6 is 0 Å². The summed E-state index contributed by atoms with van der Waals surface area (Å²) in [6, 6.07) is 10.6. The van der Waals surface area contributed by atoms with Crippen molar-refractivity contribution >= 4 is 5.91 Å². The van der Waals surface area contributed by atoms with Gasteiger partial charge in [-0.2, -0.15) is 0 Å². The topological polar surface area (TPSA) is 32.3 Å². The molecule has 1 N–H and O–H groups in total. The molecule has 2 atom stereocenters. The molecule has 0 aromatic heterocycles. The van der Waals surface area contributed by atoms with Gasteiger partial charge in [0.15, 0.2) is 0 Å². The SMILES string of the molecule is CCC(Cc1ccccc1)NC(C)C(=O)N(C)C. The maximum atomic E-state index is 11.8. The summed E-state index contributed by atoms with van der Waals surface area (Å²) in [4.78, 5) is 13.4. The minimum Gasteiger partial charge on any atom is -0.347 e. The van der Waals surface area contributed by atoms with Crippen molar-refractivity contribution in [3.05, 3.63) is 35.9 Å². The molecule has 0 spiro atoms. The maximum absolute atomic E-state index is 11.8. The van der Waals surface area contributed by atoms with Gasteiger partial charge in [0.1, 0.15) is 0 Å². The smallest absolute Gasteiger partial charge is 0.238 e. The Morgan fingerprint density at radius 2 is 1.89 bits per heavy atom. The molecule has 0 saturated carbocycles. The van der Waals surface area contributed by atoms with E-state index in [1.165, 1.54) is 5.56 Å². The fourth-order valence-electron chi connectivity index (χ4n) is 2.03. The van der Waals surface area contributed by atoms with Gasteiger partial charge in [-0.25, -0.2) is 0 Å². The first-order valence-electron chi connectivity index (χ1n) is 6.55. The van der Waals surface area contributed by atoms with E-state index in [1.807, 2.05) is 13.0 Å². The van der Waals surface area contributed by atoms with Crippen LogP contribution in [0.2, 0.25) is 0 Å². The highest BCUT2D eigenvalue weighted by Crippen LogP contribution is 2.06. The molecule has 0 heterocycles. The Hall–Kier alpha value is -1.35. The molecule has 18 heavy (non-hydrogen) atoms. The fraction of sp³-hybridized carbons (Fsp3) is 0.533. The van der Waals surface area contributed by atoms with Crippen molar-refractivity contribution in [3.63, 3.8) is 0 Å². The van der Waals surface area contributed by atoms with Gasteiger partial charge < -0.3 is 10.2 Å². The Labute approximate surface area is 110 Å². The molecule has 0 saturated heterocycles. The highest BCUT2D eigenvalue weighted by atomic mass is 16.2. The number of hydrogen-bond acceptors (Lipinski definition) is 2. The number of nitrogens with one attached hydrogen (secondary N) is 1. The van der Waals surface area contributed by atoms with Crippen LogP contribution in [0.3, 0.4) is 0 Å². The minimum atomic E-state index is -0.131. The molecule has 0 bridgehead atoms. The van der Waals surface area contributed by atoms with Crippen molar-refractivity contribution in [1.29, 1.82) is 0 Å². The van der Waals surface area contributed by atoms with Gasteiger partial charge in [-0.1, -0.05) is 37.3 Å². The van der Waals surface area contributed by atoms with E-state index >= 15 is 0 Å². The van der Waals surface area contributed by atoms with E-state index in [0.717, 1.165) is 12.8 Å². The molecule has 1 amide bonds. The van der Waals surface area contributed by atoms with Crippen LogP contribution in [0.25, 0.3) is 0 Å². The van der Waals surface area contributed by atoms with E-state index in [2.05, 4.69) is 36.5 Å². The predicted molar refractivity (Wildman–Crippen MR) is 75.5 cm³/mol. The summed E-state index contributed by atoms with van der Waals surface area (Å²) in [5.74, 6) is 0.126.